The van der Waals surface area contributed by atoms with Crippen LogP contribution in [0.1, 0.15) is 363 Å². The molecule has 0 aliphatic heterocycles. The van der Waals surface area contributed by atoms with E-state index in [9.17, 15) is 43.2 Å². The zero-order valence-corrected chi connectivity index (χ0v) is 61.1. The zero-order valence-electron chi connectivity index (χ0n) is 59.3. The van der Waals surface area contributed by atoms with Gasteiger partial charge in [0.25, 0.3) is 0 Å². The number of unbranched alkanes of at least 4 members (excludes halogenated alkanes) is 38. The Balaban J connectivity index is 5.16. The van der Waals surface area contributed by atoms with E-state index in [-0.39, 0.29) is 25.7 Å². The van der Waals surface area contributed by atoms with Gasteiger partial charge in [0.05, 0.1) is 26.4 Å². The number of phosphoric acid groups is 2. The van der Waals surface area contributed by atoms with Gasteiger partial charge in [0.1, 0.15) is 19.3 Å². The standard InChI is InChI=1S/C72H140O17P2/c1-8-9-10-11-12-13-22-26-31-39-46-53-69(74)82-59-67(88-71(76)55-48-41-32-27-24-21-19-17-15-14-16-18-20-23-25-29-36-43-50-63(2)3)61-86-90(78,79)84-57-66(73)58-85-91(80,81)87-62-68(60-83-70(75)54-47-40-35-34-38-45-52-65(6)7)89-72(77)56-49-42-33-28-30-37-44-51-64(4)5/h63-68,73H,8-62H2,1-7H3,(H,78,79)(H,80,81)/t66-,67-,68-/m1/s1. The van der Waals surface area contributed by atoms with Crippen LogP contribution >= 0.6 is 15.6 Å². The summed E-state index contributed by atoms with van der Waals surface area (Å²) in [5.74, 6) is 0.0671. The molecule has 0 spiro atoms. The van der Waals surface area contributed by atoms with Crippen LogP contribution in [-0.4, -0.2) is 96.7 Å². The molecule has 2 unspecified atom stereocenters. The molecule has 0 amide bonds. The molecule has 5 atom stereocenters. The molecule has 0 bridgehead atoms. The topological polar surface area (TPSA) is 237 Å². The molecular formula is C72H140O17P2. The first kappa shape index (κ1) is 89.1. The summed E-state index contributed by atoms with van der Waals surface area (Å²) >= 11 is 0. The van der Waals surface area contributed by atoms with E-state index in [1.165, 1.54) is 167 Å². The van der Waals surface area contributed by atoms with Gasteiger partial charge >= 0.3 is 39.5 Å². The van der Waals surface area contributed by atoms with Crippen LogP contribution in [0, 0.1) is 17.8 Å². The van der Waals surface area contributed by atoms with Crippen LogP contribution in [0.15, 0.2) is 0 Å². The maximum atomic E-state index is 13.0. The molecule has 0 saturated carbocycles. The number of hydrogen-bond donors (Lipinski definition) is 3. The Hall–Kier alpha value is -1.94. The van der Waals surface area contributed by atoms with E-state index < -0.39 is 97.5 Å². The summed E-state index contributed by atoms with van der Waals surface area (Å²) in [7, 11) is -9.90. The van der Waals surface area contributed by atoms with Gasteiger partial charge in [-0.15, -0.1) is 0 Å². The lowest BCUT2D eigenvalue weighted by molar-refractivity contribution is -0.161. The number of aliphatic hydroxyl groups is 1. The number of ether oxygens (including phenoxy) is 4. The highest BCUT2D eigenvalue weighted by atomic mass is 31.2. The van der Waals surface area contributed by atoms with Crippen molar-refractivity contribution in [1.29, 1.82) is 0 Å². The third kappa shape index (κ3) is 66.5. The molecule has 0 heterocycles. The Bertz CT molecular complexity index is 1780. The fraction of sp³-hybridized carbons (Fsp3) is 0.944. The second-order valence-electron chi connectivity index (χ2n) is 27.4. The van der Waals surface area contributed by atoms with Gasteiger partial charge in [-0.2, -0.15) is 0 Å². The lowest BCUT2D eigenvalue weighted by atomic mass is 10.0. The smallest absolute Gasteiger partial charge is 0.462 e. The predicted octanol–water partition coefficient (Wildman–Crippen LogP) is 20.6. The Kier molecular flexibility index (Phi) is 61.5. The van der Waals surface area contributed by atoms with E-state index in [0.717, 1.165) is 102 Å². The summed E-state index contributed by atoms with van der Waals surface area (Å²) in [6.45, 7) is 11.7. The van der Waals surface area contributed by atoms with Gasteiger partial charge < -0.3 is 33.8 Å². The van der Waals surface area contributed by atoms with Crippen LogP contribution < -0.4 is 0 Å². The van der Waals surface area contributed by atoms with Crippen LogP contribution in [0.3, 0.4) is 0 Å². The largest absolute Gasteiger partial charge is 0.472 e. The van der Waals surface area contributed by atoms with Crippen LogP contribution in [0.25, 0.3) is 0 Å². The molecule has 0 aromatic carbocycles. The molecular weight excluding hydrogens is 1200 g/mol. The zero-order chi connectivity index (χ0) is 67.3. The first-order valence-corrected chi connectivity index (χ1v) is 40.3. The van der Waals surface area contributed by atoms with Crippen LogP contribution in [0.4, 0.5) is 0 Å². The summed E-state index contributed by atoms with van der Waals surface area (Å²) in [6, 6.07) is 0. The number of aliphatic hydroxyl groups excluding tert-OH is 1. The fourth-order valence-corrected chi connectivity index (χ4v) is 12.5. The molecule has 19 heteroatoms. The highest BCUT2D eigenvalue weighted by molar-refractivity contribution is 7.47. The van der Waals surface area contributed by atoms with Crippen molar-refractivity contribution in [2.45, 2.75) is 381 Å². The van der Waals surface area contributed by atoms with Crippen LogP contribution in [0.5, 0.6) is 0 Å². The molecule has 0 saturated heterocycles. The maximum Gasteiger partial charge on any atom is 0.472 e. The van der Waals surface area contributed by atoms with Gasteiger partial charge in [-0.25, -0.2) is 9.13 Å². The van der Waals surface area contributed by atoms with E-state index in [1.54, 1.807) is 0 Å². The number of phosphoric ester groups is 2. The SMILES string of the molecule is CCCCCCCCCCCCCC(=O)OC[C@H](COP(=O)(O)OC[C@@H](O)COP(=O)(O)OC[C@@H](COC(=O)CCCCCCCCC(C)C)OC(=O)CCCCCCCCCC(C)C)OC(=O)CCCCCCCCCCCCCCCCCCCCC(C)C. The molecule has 0 aromatic rings. The van der Waals surface area contributed by atoms with Crippen molar-refractivity contribution in [2.75, 3.05) is 39.6 Å². The third-order valence-corrected chi connectivity index (χ3v) is 18.5. The van der Waals surface area contributed by atoms with Crippen molar-refractivity contribution >= 4 is 39.5 Å². The van der Waals surface area contributed by atoms with Gasteiger partial charge in [0, 0.05) is 25.7 Å². The number of carbonyl (C=O) groups excluding carboxylic acids is 4. The average Bonchev–Trinajstić information content (AvgIpc) is 3.61. The summed E-state index contributed by atoms with van der Waals surface area (Å²) in [5.41, 5.74) is 0. The minimum absolute atomic E-state index is 0.102. The van der Waals surface area contributed by atoms with Crippen molar-refractivity contribution in [3.63, 3.8) is 0 Å². The third-order valence-electron chi connectivity index (χ3n) is 16.6. The lowest BCUT2D eigenvalue weighted by Gasteiger charge is -2.21. The van der Waals surface area contributed by atoms with Crippen molar-refractivity contribution < 1.29 is 80.2 Å². The number of hydrogen-bond acceptors (Lipinski definition) is 15. The molecule has 0 aromatic heterocycles. The van der Waals surface area contributed by atoms with Gasteiger partial charge in [-0.1, -0.05) is 312 Å². The first-order chi connectivity index (χ1) is 43.7. The van der Waals surface area contributed by atoms with Crippen molar-refractivity contribution in [1.82, 2.24) is 0 Å². The maximum absolute atomic E-state index is 13.0. The van der Waals surface area contributed by atoms with E-state index in [0.29, 0.717) is 37.5 Å². The van der Waals surface area contributed by atoms with Gasteiger partial charge in [0.15, 0.2) is 12.2 Å². The highest BCUT2D eigenvalue weighted by Crippen LogP contribution is 2.45. The summed E-state index contributed by atoms with van der Waals surface area (Å²) in [6.07, 6.45) is 47.6. The van der Waals surface area contributed by atoms with Crippen LogP contribution in [0.2, 0.25) is 0 Å². The second-order valence-corrected chi connectivity index (χ2v) is 30.3. The molecule has 3 N–H and O–H groups in total. The Morgan fingerprint density at radius 1 is 0.297 bits per heavy atom. The van der Waals surface area contributed by atoms with E-state index in [1.807, 2.05) is 0 Å². The van der Waals surface area contributed by atoms with Crippen molar-refractivity contribution in [3.8, 4) is 0 Å². The molecule has 0 aliphatic carbocycles. The highest BCUT2D eigenvalue weighted by Gasteiger charge is 2.30. The lowest BCUT2D eigenvalue weighted by Crippen LogP contribution is -2.30. The molecule has 0 aliphatic rings. The monoisotopic (exact) mass is 1340 g/mol. The average molecular weight is 1340 g/mol. The minimum Gasteiger partial charge on any atom is -0.462 e. The minimum atomic E-state index is -4.95. The Morgan fingerprint density at radius 3 is 0.747 bits per heavy atom. The normalized spacial score (nSPS) is 14.2. The molecule has 0 rings (SSSR count). The van der Waals surface area contributed by atoms with Crippen LogP contribution in [-0.2, 0) is 65.4 Å². The van der Waals surface area contributed by atoms with Crippen molar-refractivity contribution in [3.05, 3.63) is 0 Å². The summed E-state index contributed by atoms with van der Waals surface area (Å²) in [4.78, 5) is 72.5. The summed E-state index contributed by atoms with van der Waals surface area (Å²) in [5, 5.41) is 10.6. The number of esters is 4. The molecule has 540 valence electrons. The van der Waals surface area contributed by atoms with E-state index in [4.69, 9.17) is 37.0 Å². The first-order valence-electron chi connectivity index (χ1n) is 37.3. The molecule has 0 radical (unpaired) electrons. The van der Waals surface area contributed by atoms with E-state index >= 15 is 0 Å². The fourth-order valence-electron chi connectivity index (χ4n) is 10.9. The van der Waals surface area contributed by atoms with Gasteiger partial charge in [0.2, 0.25) is 0 Å². The van der Waals surface area contributed by atoms with Gasteiger partial charge in [-0.05, 0) is 43.4 Å². The Labute approximate surface area is 556 Å². The number of carbonyl (C=O) groups is 4. The summed E-state index contributed by atoms with van der Waals surface area (Å²) < 4.78 is 68.2. The quantitative estimate of drug-likeness (QED) is 0.0222. The Morgan fingerprint density at radius 2 is 0.505 bits per heavy atom. The molecule has 91 heavy (non-hydrogen) atoms. The number of rotatable bonds is 70. The van der Waals surface area contributed by atoms with E-state index in [2.05, 4.69) is 48.5 Å². The molecule has 0 fully saturated rings. The van der Waals surface area contributed by atoms with Crippen molar-refractivity contribution in [2.24, 2.45) is 17.8 Å². The van der Waals surface area contributed by atoms with Gasteiger partial charge in [-0.3, -0.25) is 37.3 Å². The predicted molar refractivity (Wildman–Crippen MR) is 368 cm³/mol. The second kappa shape index (κ2) is 62.8. The molecule has 17 nitrogen and oxygen atoms in total.